The molecule has 0 aliphatic rings. The van der Waals surface area contributed by atoms with Crippen LogP contribution in [0.1, 0.15) is 60.3 Å². The Bertz CT molecular complexity index is 92.2. The van der Waals surface area contributed by atoms with Crippen LogP contribution < -0.4 is 0 Å². The van der Waals surface area contributed by atoms with E-state index < -0.39 is 0 Å². The normalized spacial score (nSPS) is 15.0. The van der Waals surface area contributed by atoms with Crippen LogP contribution in [0.5, 0.6) is 0 Å². The Kier molecular flexibility index (Phi) is 4.79. The van der Waals surface area contributed by atoms with Crippen LogP contribution in [-0.4, -0.2) is 0 Å². The Balaban J connectivity index is 3.99. The van der Waals surface area contributed by atoms with Gasteiger partial charge in [-0.05, 0) is 11.3 Å². The summed E-state index contributed by atoms with van der Waals surface area (Å²) >= 11 is 0. The van der Waals surface area contributed by atoms with Crippen molar-refractivity contribution in [3.8, 4) is 0 Å². The molecule has 0 saturated heterocycles. The first-order chi connectivity index (χ1) is 5.08. The first-order valence-corrected chi connectivity index (χ1v) is 5.08. The van der Waals surface area contributed by atoms with E-state index in [9.17, 15) is 0 Å². The topological polar surface area (TPSA) is 0 Å². The molecule has 1 atom stereocenters. The van der Waals surface area contributed by atoms with Gasteiger partial charge in [0.2, 0.25) is 0 Å². The molecule has 0 aliphatic carbocycles. The maximum absolute atomic E-state index is 2.40. The van der Waals surface area contributed by atoms with E-state index in [4.69, 9.17) is 0 Å². The van der Waals surface area contributed by atoms with Crippen molar-refractivity contribution in [2.45, 2.75) is 60.3 Å². The molecule has 0 spiro atoms. The maximum atomic E-state index is 2.40. The highest BCUT2D eigenvalue weighted by atomic mass is 14.3. The molecule has 0 radical (unpaired) electrons. The fourth-order valence-corrected chi connectivity index (χ4v) is 1.78. The fourth-order valence-electron chi connectivity index (χ4n) is 1.78. The third-order valence-electron chi connectivity index (χ3n) is 3.15. The molecular weight excluding hydrogens is 132 g/mol. The Morgan fingerprint density at radius 2 is 1.64 bits per heavy atom. The molecule has 1 unspecified atom stereocenters. The second-order valence-electron chi connectivity index (χ2n) is 4.24. The van der Waals surface area contributed by atoms with Gasteiger partial charge in [-0.15, -0.1) is 0 Å². The second kappa shape index (κ2) is 4.79. The van der Waals surface area contributed by atoms with E-state index in [1.54, 1.807) is 0 Å². The molecular formula is C11H24. The summed E-state index contributed by atoms with van der Waals surface area (Å²) < 4.78 is 0. The molecule has 11 heavy (non-hydrogen) atoms. The number of hydrogen-bond acceptors (Lipinski definition) is 0. The minimum Gasteiger partial charge on any atom is -0.0654 e. The predicted octanol–water partition coefficient (Wildman–Crippen LogP) is 4.25. The van der Waals surface area contributed by atoms with Gasteiger partial charge in [0.05, 0.1) is 0 Å². The maximum Gasteiger partial charge on any atom is -0.0329 e. The monoisotopic (exact) mass is 156 g/mol. The molecule has 0 amide bonds. The highest BCUT2D eigenvalue weighted by Crippen LogP contribution is 2.35. The third-order valence-corrected chi connectivity index (χ3v) is 3.15. The fraction of sp³-hybridized carbons (Fsp3) is 1.00. The molecule has 0 rings (SSSR count). The van der Waals surface area contributed by atoms with Crippen molar-refractivity contribution in [3.05, 3.63) is 0 Å². The Hall–Kier alpha value is 0. The van der Waals surface area contributed by atoms with Gasteiger partial charge in [0.25, 0.3) is 0 Å². The van der Waals surface area contributed by atoms with Crippen molar-refractivity contribution in [1.82, 2.24) is 0 Å². The first-order valence-electron chi connectivity index (χ1n) is 5.08. The highest BCUT2D eigenvalue weighted by molar-refractivity contribution is 4.75. The molecule has 0 heterocycles. The zero-order chi connectivity index (χ0) is 8.91. The summed E-state index contributed by atoms with van der Waals surface area (Å²) in [6, 6.07) is 0. The minimum absolute atomic E-state index is 0.560. The van der Waals surface area contributed by atoms with Crippen LogP contribution in [0.15, 0.2) is 0 Å². The van der Waals surface area contributed by atoms with Gasteiger partial charge in [-0.3, -0.25) is 0 Å². The highest BCUT2D eigenvalue weighted by Gasteiger charge is 2.24. The first kappa shape index (κ1) is 11.0. The van der Waals surface area contributed by atoms with E-state index >= 15 is 0 Å². The van der Waals surface area contributed by atoms with Crippen LogP contribution in [-0.2, 0) is 0 Å². The van der Waals surface area contributed by atoms with E-state index in [0.29, 0.717) is 5.41 Å². The lowest BCUT2D eigenvalue weighted by molar-refractivity contribution is 0.184. The Morgan fingerprint density at radius 1 is 1.09 bits per heavy atom. The largest absolute Gasteiger partial charge is 0.0654 e. The van der Waals surface area contributed by atoms with E-state index in [1.165, 1.54) is 25.7 Å². The summed E-state index contributed by atoms with van der Waals surface area (Å²) in [6.45, 7) is 11.7. The molecule has 0 aromatic rings. The zero-order valence-corrected chi connectivity index (χ0v) is 8.91. The summed E-state index contributed by atoms with van der Waals surface area (Å²) in [4.78, 5) is 0. The molecule has 0 saturated carbocycles. The second-order valence-corrected chi connectivity index (χ2v) is 4.24. The van der Waals surface area contributed by atoms with Crippen molar-refractivity contribution >= 4 is 0 Å². The number of hydrogen-bond donors (Lipinski definition) is 0. The summed E-state index contributed by atoms with van der Waals surface area (Å²) in [5, 5.41) is 0. The summed E-state index contributed by atoms with van der Waals surface area (Å²) in [7, 11) is 0. The van der Waals surface area contributed by atoms with Gasteiger partial charge in [-0.25, -0.2) is 0 Å². The van der Waals surface area contributed by atoms with E-state index in [2.05, 4.69) is 34.6 Å². The van der Waals surface area contributed by atoms with Crippen LogP contribution in [0.3, 0.4) is 0 Å². The summed E-state index contributed by atoms with van der Waals surface area (Å²) in [6.07, 6.45) is 5.39. The smallest absolute Gasteiger partial charge is 0.0329 e. The molecule has 0 aliphatic heterocycles. The van der Waals surface area contributed by atoms with Crippen LogP contribution in [0, 0.1) is 11.3 Å². The van der Waals surface area contributed by atoms with E-state index in [0.717, 1.165) is 5.92 Å². The Labute approximate surface area is 72.4 Å². The third kappa shape index (κ3) is 3.27. The van der Waals surface area contributed by atoms with Gasteiger partial charge in [-0.2, -0.15) is 0 Å². The number of rotatable bonds is 5. The van der Waals surface area contributed by atoms with Crippen LogP contribution in [0.25, 0.3) is 0 Å². The lowest BCUT2D eigenvalue weighted by Crippen LogP contribution is -2.22. The molecule has 0 bridgehead atoms. The van der Waals surface area contributed by atoms with E-state index in [-0.39, 0.29) is 0 Å². The van der Waals surface area contributed by atoms with Crippen molar-refractivity contribution in [3.63, 3.8) is 0 Å². The van der Waals surface area contributed by atoms with Crippen molar-refractivity contribution in [2.75, 3.05) is 0 Å². The van der Waals surface area contributed by atoms with Gasteiger partial charge in [0.15, 0.2) is 0 Å². The van der Waals surface area contributed by atoms with Crippen molar-refractivity contribution in [1.29, 1.82) is 0 Å². The van der Waals surface area contributed by atoms with Crippen LogP contribution in [0.4, 0.5) is 0 Å². The molecule has 0 aromatic carbocycles. The molecule has 0 fully saturated rings. The minimum atomic E-state index is 0.560. The van der Waals surface area contributed by atoms with Crippen molar-refractivity contribution in [2.24, 2.45) is 11.3 Å². The quantitative estimate of drug-likeness (QED) is 0.558. The average molecular weight is 156 g/mol. The van der Waals surface area contributed by atoms with E-state index in [1.807, 2.05) is 0 Å². The summed E-state index contributed by atoms with van der Waals surface area (Å²) in [5.41, 5.74) is 0.560. The standard InChI is InChI=1S/C11H24/c1-6-9-10(7-2)11(4,5)8-3/h10H,6-9H2,1-5H3. The molecule has 0 N–H and O–H groups in total. The summed E-state index contributed by atoms with van der Waals surface area (Å²) in [5.74, 6) is 0.928. The van der Waals surface area contributed by atoms with Gasteiger partial charge in [-0.1, -0.05) is 60.3 Å². The van der Waals surface area contributed by atoms with Crippen LogP contribution >= 0.6 is 0 Å². The van der Waals surface area contributed by atoms with Gasteiger partial charge in [0, 0.05) is 0 Å². The zero-order valence-electron chi connectivity index (χ0n) is 8.91. The average Bonchev–Trinajstić information content (AvgIpc) is 2.00. The SMILES string of the molecule is CCCC(CC)C(C)(C)CC. The molecule has 0 heteroatoms. The van der Waals surface area contributed by atoms with Gasteiger partial charge >= 0.3 is 0 Å². The molecule has 0 aromatic heterocycles. The van der Waals surface area contributed by atoms with Gasteiger partial charge in [0.1, 0.15) is 0 Å². The molecule has 68 valence electrons. The lowest BCUT2D eigenvalue weighted by Gasteiger charge is -2.32. The van der Waals surface area contributed by atoms with Crippen LogP contribution in [0.2, 0.25) is 0 Å². The Morgan fingerprint density at radius 3 is 1.91 bits per heavy atom. The van der Waals surface area contributed by atoms with Gasteiger partial charge < -0.3 is 0 Å². The molecule has 0 nitrogen and oxygen atoms in total. The lowest BCUT2D eigenvalue weighted by atomic mass is 9.73. The van der Waals surface area contributed by atoms with Crippen molar-refractivity contribution < 1.29 is 0 Å². The predicted molar refractivity (Wildman–Crippen MR) is 52.8 cm³/mol.